The summed E-state index contributed by atoms with van der Waals surface area (Å²) in [5.74, 6) is 0. The Bertz CT molecular complexity index is 249. The molecule has 0 spiro atoms. The molecule has 0 bridgehead atoms. The van der Waals surface area contributed by atoms with Gasteiger partial charge < -0.3 is 19.5 Å². The molecule has 6 heteroatoms. The van der Waals surface area contributed by atoms with Crippen molar-refractivity contribution in [3.8, 4) is 0 Å². The number of carboxylic acid groups (broad SMARTS) is 1. The summed E-state index contributed by atoms with van der Waals surface area (Å²) in [4.78, 5) is 21.7. The third kappa shape index (κ3) is 7.57. The molecule has 1 heterocycles. The van der Waals surface area contributed by atoms with Crippen LogP contribution in [0, 0.1) is 0 Å². The Morgan fingerprint density at radius 2 is 2.06 bits per heavy atom. The molecule has 1 N–H and O–H groups in total. The second-order valence-electron chi connectivity index (χ2n) is 4.71. The van der Waals surface area contributed by atoms with Gasteiger partial charge in [0, 0.05) is 6.54 Å². The molecule has 0 radical (unpaired) electrons. The van der Waals surface area contributed by atoms with Crippen molar-refractivity contribution in [3.05, 3.63) is 0 Å². The number of morpholine rings is 1. The highest BCUT2D eigenvalue weighted by atomic mass is 16.6. The first-order valence-electron chi connectivity index (χ1n) is 5.47. The maximum Gasteiger partial charge on any atom is 0.410 e. The highest BCUT2D eigenvalue weighted by Crippen LogP contribution is 2.12. The Balaban J connectivity index is 0.000000770. The topological polar surface area (TPSA) is 76.1 Å². The lowest BCUT2D eigenvalue weighted by Gasteiger charge is -2.32. The summed E-state index contributed by atoms with van der Waals surface area (Å²) in [5, 5.41) is 6.89. The molecule has 1 saturated heterocycles. The summed E-state index contributed by atoms with van der Waals surface area (Å²) < 4.78 is 10.6. The van der Waals surface area contributed by atoms with Crippen molar-refractivity contribution in [3.63, 3.8) is 0 Å². The summed E-state index contributed by atoms with van der Waals surface area (Å²) in [6, 6.07) is 0. The van der Waals surface area contributed by atoms with Crippen molar-refractivity contribution in [1.82, 2.24) is 4.90 Å². The molecule has 1 atom stereocenters. The maximum absolute atomic E-state index is 11.6. The lowest BCUT2D eigenvalue weighted by Crippen LogP contribution is -2.46. The Kier molecular flexibility index (Phi) is 6.57. The van der Waals surface area contributed by atoms with Crippen LogP contribution >= 0.6 is 0 Å². The number of amides is 1. The van der Waals surface area contributed by atoms with Gasteiger partial charge in [-0.25, -0.2) is 4.79 Å². The smallest absolute Gasteiger partial charge is 0.410 e. The first kappa shape index (κ1) is 15.7. The minimum Gasteiger partial charge on any atom is -0.483 e. The van der Waals surface area contributed by atoms with Crippen molar-refractivity contribution >= 4 is 12.6 Å². The van der Waals surface area contributed by atoms with Crippen molar-refractivity contribution in [2.75, 3.05) is 19.7 Å². The molecule has 1 aliphatic rings. The molecule has 0 aliphatic carbocycles. The molecular weight excluding hydrogens is 226 g/mol. The van der Waals surface area contributed by atoms with Gasteiger partial charge in [0.05, 0.1) is 19.3 Å². The third-order valence-corrected chi connectivity index (χ3v) is 1.89. The Morgan fingerprint density at radius 3 is 2.47 bits per heavy atom. The van der Waals surface area contributed by atoms with Crippen LogP contribution in [0.5, 0.6) is 0 Å². The fourth-order valence-corrected chi connectivity index (χ4v) is 1.31. The van der Waals surface area contributed by atoms with Crippen LogP contribution in [0.4, 0.5) is 4.79 Å². The van der Waals surface area contributed by atoms with Gasteiger partial charge in [-0.05, 0) is 27.7 Å². The number of hydrogen-bond acceptors (Lipinski definition) is 4. The normalized spacial score (nSPS) is 20.0. The predicted octanol–water partition coefficient (Wildman–Crippen LogP) is 1.34. The quantitative estimate of drug-likeness (QED) is 0.654. The van der Waals surface area contributed by atoms with E-state index in [0.29, 0.717) is 19.7 Å². The number of hydrogen-bond donors (Lipinski definition) is 1. The fraction of sp³-hybridized carbons (Fsp3) is 0.818. The first-order valence-corrected chi connectivity index (χ1v) is 5.47. The zero-order valence-corrected chi connectivity index (χ0v) is 10.8. The molecule has 6 nitrogen and oxygen atoms in total. The lowest BCUT2D eigenvalue weighted by molar-refractivity contribution is -0.122. The van der Waals surface area contributed by atoms with E-state index in [4.69, 9.17) is 19.4 Å². The highest BCUT2D eigenvalue weighted by molar-refractivity contribution is 5.68. The van der Waals surface area contributed by atoms with Crippen molar-refractivity contribution in [2.24, 2.45) is 0 Å². The standard InChI is InChI=1S/C10H19NO3.CH2O2/c1-8-7-11(5-6-13-8)9(12)14-10(2,3)4;2-1-3/h8H,5-7H2,1-4H3;1H,(H,2,3)/t8-;/m0./s1. The van der Waals surface area contributed by atoms with E-state index >= 15 is 0 Å². The second-order valence-corrected chi connectivity index (χ2v) is 4.71. The Hall–Kier alpha value is -1.30. The van der Waals surface area contributed by atoms with Crippen LogP contribution in [-0.2, 0) is 14.3 Å². The van der Waals surface area contributed by atoms with Gasteiger partial charge in [0.15, 0.2) is 0 Å². The Labute approximate surface area is 101 Å². The molecule has 0 aromatic carbocycles. The molecule has 0 saturated carbocycles. The largest absolute Gasteiger partial charge is 0.483 e. The van der Waals surface area contributed by atoms with Crippen LogP contribution < -0.4 is 0 Å². The lowest BCUT2D eigenvalue weighted by atomic mass is 10.2. The molecule has 0 aromatic rings. The van der Waals surface area contributed by atoms with Crippen LogP contribution in [0.2, 0.25) is 0 Å². The van der Waals surface area contributed by atoms with E-state index in [0.717, 1.165) is 0 Å². The fourth-order valence-electron chi connectivity index (χ4n) is 1.31. The number of rotatable bonds is 0. The minimum atomic E-state index is -0.418. The van der Waals surface area contributed by atoms with Gasteiger partial charge in [-0.1, -0.05) is 0 Å². The van der Waals surface area contributed by atoms with Gasteiger partial charge in [-0.3, -0.25) is 4.79 Å². The van der Waals surface area contributed by atoms with Crippen LogP contribution in [0.3, 0.4) is 0 Å². The summed E-state index contributed by atoms with van der Waals surface area (Å²) >= 11 is 0. The maximum atomic E-state index is 11.6. The van der Waals surface area contributed by atoms with Crippen LogP contribution in [0.15, 0.2) is 0 Å². The summed E-state index contributed by atoms with van der Waals surface area (Å²) in [5.41, 5.74) is -0.418. The zero-order valence-electron chi connectivity index (χ0n) is 10.8. The molecule has 17 heavy (non-hydrogen) atoms. The molecular formula is C11H21NO5. The SMILES string of the molecule is C[C@H]1CN(C(=O)OC(C)(C)C)CCO1.O=CO. The average molecular weight is 247 g/mol. The van der Waals surface area contributed by atoms with Gasteiger partial charge in [0.25, 0.3) is 6.47 Å². The predicted molar refractivity (Wildman–Crippen MR) is 61.9 cm³/mol. The van der Waals surface area contributed by atoms with Crippen LogP contribution in [0.1, 0.15) is 27.7 Å². The molecule has 1 fully saturated rings. The second kappa shape index (κ2) is 7.11. The van der Waals surface area contributed by atoms with Gasteiger partial charge in [-0.15, -0.1) is 0 Å². The minimum absolute atomic E-state index is 0.108. The number of ether oxygens (including phenoxy) is 2. The number of nitrogens with zero attached hydrogens (tertiary/aromatic N) is 1. The monoisotopic (exact) mass is 247 g/mol. The van der Waals surface area contributed by atoms with E-state index < -0.39 is 5.60 Å². The van der Waals surface area contributed by atoms with E-state index in [9.17, 15) is 4.79 Å². The molecule has 0 aromatic heterocycles. The van der Waals surface area contributed by atoms with Crippen LogP contribution in [0.25, 0.3) is 0 Å². The Morgan fingerprint density at radius 1 is 1.53 bits per heavy atom. The molecule has 1 rings (SSSR count). The first-order chi connectivity index (χ1) is 7.80. The van der Waals surface area contributed by atoms with Gasteiger partial charge in [-0.2, -0.15) is 0 Å². The zero-order chi connectivity index (χ0) is 13.5. The van der Waals surface area contributed by atoms with E-state index in [2.05, 4.69) is 0 Å². The van der Waals surface area contributed by atoms with E-state index in [1.807, 2.05) is 27.7 Å². The van der Waals surface area contributed by atoms with Crippen molar-refractivity contribution < 1.29 is 24.2 Å². The van der Waals surface area contributed by atoms with E-state index in [1.54, 1.807) is 4.90 Å². The summed E-state index contributed by atoms with van der Waals surface area (Å²) in [7, 11) is 0. The van der Waals surface area contributed by atoms with E-state index in [-0.39, 0.29) is 18.7 Å². The highest BCUT2D eigenvalue weighted by Gasteiger charge is 2.25. The van der Waals surface area contributed by atoms with E-state index in [1.165, 1.54) is 0 Å². The van der Waals surface area contributed by atoms with Gasteiger partial charge in [0.2, 0.25) is 0 Å². The van der Waals surface area contributed by atoms with Crippen LogP contribution in [-0.4, -0.2) is 54.0 Å². The molecule has 100 valence electrons. The molecule has 1 aliphatic heterocycles. The van der Waals surface area contributed by atoms with Gasteiger partial charge >= 0.3 is 6.09 Å². The molecule has 0 unspecified atom stereocenters. The summed E-state index contributed by atoms with van der Waals surface area (Å²) in [6.45, 7) is 9.16. The van der Waals surface area contributed by atoms with Crippen molar-refractivity contribution in [1.29, 1.82) is 0 Å². The summed E-state index contributed by atoms with van der Waals surface area (Å²) in [6.07, 6.45) is -0.135. The third-order valence-electron chi connectivity index (χ3n) is 1.89. The van der Waals surface area contributed by atoms with Crippen molar-refractivity contribution in [2.45, 2.75) is 39.4 Å². The average Bonchev–Trinajstić information content (AvgIpc) is 2.16. The number of carbonyl (C=O) groups excluding carboxylic acids is 1. The van der Waals surface area contributed by atoms with Gasteiger partial charge in [0.1, 0.15) is 5.60 Å². The number of carbonyl (C=O) groups is 2. The molecule has 1 amide bonds.